The lowest BCUT2D eigenvalue weighted by Crippen LogP contribution is -2.31. The van der Waals surface area contributed by atoms with Crippen LogP contribution in [0.25, 0.3) is 0 Å². The molecule has 1 rings (SSSR count). The number of hydrogen-bond acceptors (Lipinski definition) is 2. The summed E-state index contributed by atoms with van der Waals surface area (Å²) in [5.41, 5.74) is 2.81. The fourth-order valence-electron chi connectivity index (χ4n) is 2.04. The molecule has 0 spiro atoms. The zero-order valence-electron chi connectivity index (χ0n) is 11.4. The Bertz CT molecular complexity index is 340. The Kier molecular flexibility index (Phi) is 7.59. The van der Waals surface area contributed by atoms with Crippen molar-refractivity contribution >= 4 is 20.9 Å². The van der Waals surface area contributed by atoms with Crippen molar-refractivity contribution < 1.29 is 8.85 Å². The van der Waals surface area contributed by atoms with Crippen LogP contribution in [0.2, 0.25) is 0 Å². The Morgan fingerprint density at radius 1 is 1.11 bits per heavy atom. The molecule has 0 aromatic heterocycles. The van der Waals surface area contributed by atoms with Crippen LogP contribution >= 0.6 is 11.6 Å². The molecule has 18 heavy (non-hydrogen) atoms. The number of rotatable bonds is 8. The van der Waals surface area contributed by atoms with Gasteiger partial charge in [-0.3, -0.25) is 0 Å². The molecule has 0 aliphatic carbocycles. The van der Waals surface area contributed by atoms with Crippen molar-refractivity contribution in [3.63, 3.8) is 0 Å². The third-order valence-corrected chi connectivity index (χ3v) is 5.56. The van der Waals surface area contributed by atoms with Gasteiger partial charge >= 0.3 is 9.28 Å². The first-order valence-electron chi connectivity index (χ1n) is 6.54. The third kappa shape index (κ3) is 4.09. The van der Waals surface area contributed by atoms with E-state index in [4.69, 9.17) is 20.5 Å². The molecule has 0 fully saturated rings. The van der Waals surface area contributed by atoms with Gasteiger partial charge in [-0.2, -0.15) is 0 Å². The van der Waals surface area contributed by atoms with Gasteiger partial charge in [-0.1, -0.05) is 31.2 Å². The smallest absolute Gasteiger partial charge is 0.392 e. The van der Waals surface area contributed by atoms with E-state index in [9.17, 15) is 0 Å². The van der Waals surface area contributed by atoms with Crippen molar-refractivity contribution in [1.29, 1.82) is 0 Å². The van der Waals surface area contributed by atoms with Gasteiger partial charge in [0.2, 0.25) is 0 Å². The predicted molar refractivity (Wildman–Crippen MR) is 78.0 cm³/mol. The molecule has 0 aliphatic heterocycles. The van der Waals surface area contributed by atoms with E-state index >= 15 is 0 Å². The highest BCUT2D eigenvalue weighted by molar-refractivity contribution is 6.46. The SMILES string of the molecule is CCO[Si](OCC)C(CC)c1ccccc1CCl. The van der Waals surface area contributed by atoms with Crippen LogP contribution in [0.5, 0.6) is 0 Å². The van der Waals surface area contributed by atoms with Gasteiger partial charge < -0.3 is 8.85 Å². The van der Waals surface area contributed by atoms with Gasteiger partial charge in [-0.05, 0) is 31.4 Å². The second-order valence-corrected chi connectivity index (χ2v) is 6.16. The molecule has 1 radical (unpaired) electrons. The standard InChI is InChI=1S/C14H22ClO2Si/c1-4-14(18(16-5-2)17-6-3)13-10-8-7-9-12(13)11-15/h7-10,14H,4-6,11H2,1-3H3. The van der Waals surface area contributed by atoms with E-state index in [2.05, 4.69) is 25.1 Å². The van der Waals surface area contributed by atoms with Crippen LogP contribution in [0.1, 0.15) is 43.9 Å². The largest absolute Gasteiger partial charge is 0.393 e. The van der Waals surface area contributed by atoms with E-state index < -0.39 is 9.28 Å². The van der Waals surface area contributed by atoms with Crippen LogP contribution in [0.15, 0.2) is 24.3 Å². The summed E-state index contributed by atoms with van der Waals surface area (Å²) in [6.07, 6.45) is 1.02. The van der Waals surface area contributed by atoms with Crippen molar-refractivity contribution in [1.82, 2.24) is 0 Å². The average Bonchev–Trinajstić information content (AvgIpc) is 2.40. The van der Waals surface area contributed by atoms with E-state index in [1.54, 1.807) is 0 Å². The maximum absolute atomic E-state index is 6.02. The van der Waals surface area contributed by atoms with Gasteiger partial charge in [0, 0.05) is 24.6 Å². The first kappa shape index (κ1) is 15.7. The zero-order chi connectivity index (χ0) is 13.4. The molecule has 1 aromatic rings. The van der Waals surface area contributed by atoms with Gasteiger partial charge in [0.15, 0.2) is 0 Å². The Balaban J connectivity index is 2.98. The maximum Gasteiger partial charge on any atom is 0.392 e. The number of benzene rings is 1. The molecule has 0 saturated heterocycles. The second-order valence-electron chi connectivity index (χ2n) is 3.98. The van der Waals surface area contributed by atoms with Crippen LogP contribution in [0, 0.1) is 0 Å². The molecule has 1 aromatic carbocycles. The summed E-state index contributed by atoms with van der Waals surface area (Å²) >= 11 is 6.02. The Morgan fingerprint density at radius 3 is 2.22 bits per heavy atom. The minimum Gasteiger partial charge on any atom is -0.393 e. The highest BCUT2D eigenvalue weighted by atomic mass is 35.5. The molecule has 101 valence electrons. The molecular weight excluding hydrogens is 264 g/mol. The van der Waals surface area contributed by atoms with E-state index in [0.29, 0.717) is 24.6 Å². The van der Waals surface area contributed by atoms with E-state index in [1.807, 2.05) is 19.9 Å². The van der Waals surface area contributed by atoms with Gasteiger partial charge in [-0.25, -0.2) is 0 Å². The molecule has 0 bridgehead atoms. The fourth-order valence-corrected chi connectivity index (χ4v) is 4.20. The first-order chi connectivity index (χ1) is 8.78. The van der Waals surface area contributed by atoms with Crippen LogP contribution in [-0.4, -0.2) is 22.5 Å². The number of halogens is 1. The van der Waals surface area contributed by atoms with Crippen molar-refractivity contribution in [3.05, 3.63) is 35.4 Å². The minimum absolute atomic E-state index is 0.338. The van der Waals surface area contributed by atoms with Gasteiger partial charge in [-0.15, -0.1) is 11.6 Å². The summed E-state index contributed by atoms with van der Waals surface area (Å²) in [5, 5.41) is 0. The first-order valence-corrected chi connectivity index (χ1v) is 8.47. The Hall–Kier alpha value is -0.353. The van der Waals surface area contributed by atoms with Crippen LogP contribution in [0.3, 0.4) is 0 Å². The molecule has 1 unspecified atom stereocenters. The monoisotopic (exact) mass is 285 g/mol. The summed E-state index contributed by atoms with van der Waals surface area (Å²) in [7, 11) is -1.28. The molecule has 0 amide bonds. The predicted octanol–water partition coefficient (Wildman–Crippen LogP) is 4.02. The molecule has 1 atom stereocenters. The zero-order valence-corrected chi connectivity index (χ0v) is 13.2. The average molecular weight is 286 g/mol. The van der Waals surface area contributed by atoms with E-state index in [0.717, 1.165) is 6.42 Å². The van der Waals surface area contributed by atoms with E-state index in [1.165, 1.54) is 11.1 Å². The fraction of sp³-hybridized carbons (Fsp3) is 0.571. The lowest BCUT2D eigenvalue weighted by Gasteiger charge is -2.24. The molecule has 4 heteroatoms. The van der Waals surface area contributed by atoms with Crippen molar-refractivity contribution in [2.45, 2.75) is 38.6 Å². The van der Waals surface area contributed by atoms with Gasteiger partial charge in [0.05, 0.1) is 0 Å². The van der Waals surface area contributed by atoms with Crippen molar-refractivity contribution in [2.75, 3.05) is 13.2 Å². The van der Waals surface area contributed by atoms with Gasteiger partial charge in [0.1, 0.15) is 0 Å². The normalized spacial score (nSPS) is 12.9. The van der Waals surface area contributed by atoms with Gasteiger partial charge in [0.25, 0.3) is 0 Å². The summed E-state index contributed by atoms with van der Waals surface area (Å²) < 4.78 is 11.7. The lowest BCUT2D eigenvalue weighted by atomic mass is 10.0. The topological polar surface area (TPSA) is 18.5 Å². The second kappa shape index (κ2) is 8.70. The lowest BCUT2D eigenvalue weighted by molar-refractivity contribution is 0.204. The molecule has 0 saturated carbocycles. The molecule has 0 heterocycles. The van der Waals surface area contributed by atoms with Crippen molar-refractivity contribution in [2.24, 2.45) is 0 Å². The summed E-state index contributed by atoms with van der Waals surface area (Å²) in [6, 6.07) is 8.32. The van der Waals surface area contributed by atoms with Crippen LogP contribution in [-0.2, 0) is 14.7 Å². The third-order valence-electron chi connectivity index (χ3n) is 2.84. The minimum atomic E-state index is -1.28. The quantitative estimate of drug-likeness (QED) is 0.530. The van der Waals surface area contributed by atoms with E-state index in [-0.39, 0.29) is 0 Å². The highest BCUT2D eigenvalue weighted by Gasteiger charge is 2.29. The van der Waals surface area contributed by atoms with Crippen molar-refractivity contribution in [3.8, 4) is 0 Å². The Morgan fingerprint density at radius 2 is 1.72 bits per heavy atom. The molecule has 0 N–H and O–H groups in total. The molecule has 0 aliphatic rings. The summed E-state index contributed by atoms with van der Waals surface area (Å²) in [4.78, 5) is 0. The van der Waals surface area contributed by atoms with Crippen LogP contribution in [0.4, 0.5) is 0 Å². The maximum atomic E-state index is 6.02. The summed E-state index contributed by atoms with van der Waals surface area (Å²) in [6.45, 7) is 7.62. The van der Waals surface area contributed by atoms with Crippen LogP contribution < -0.4 is 0 Å². The number of hydrogen-bond donors (Lipinski definition) is 0. The summed E-state index contributed by atoms with van der Waals surface area (Å²) in [5.74, 6) is 0.542. The molecule has 2 nitrogen and oxygen atoms in total. The Labute approximate surface area is 117 Å². The molecular formula is C14H22ClO2Si. The number of alkyl halides is 1. The highest BCUT2D eigenvalue weighted by Crippen LogP contribution is 2.27.